The molecule has 0 fully saturated rings. The Morgan fingerprint density at radius 1 is 1.19 bits per heavy atom. The molecule has 1 aromatic carbocycles. The molecule has 104 valence electrons. The van der Waals surface area contributed by atoms with Gasteiger partial charge in [0.15, 0.2) is 0 Å². The quantitative estimate of drug-likeness (QED) is 0.715. The number of benzene rings is 1. The van der Waals surface area contributed by atoms with Crippen molar-refractivity contribution in [3.63, 3.8) is 0 Å². The molecular weight excluding hydrogens is 290 g/mol. The first-order valence-corrected chi connectivity index (χ1v) is 6.56. The van der Waals surface area contributed by atoms with Crippen molar-refractivity contribution in [3.8, 4) is 0 Å². The fourth-order valence-corrected chi connectivity index (χ4v) is 2.25. The van der Waals surface area contributed by atoms with Gasteiger partial charge in [-0.05, 0) is 18.2 Å². The highest BCUT2D eigenvalue weighted by Crippen LogP contribution is 2.17. The summed E-state index contributed by atoms with van der Waals surface area (Å²) >= 11 is 5.78. The first kappa shape index (κ1) is 13.3. The van der Waals surface area contributed by atoms with Gasteiger partial charge in [0.2, 0.25) is 5.56 Å². The number of hydrogen-bond acceptors (Lipinski definition) is 3. The molecule has 1 amide bonds. The summed E-state index contributed by atoms with van der Waals surface area (Å²) in [7, 11) is 0. The van der Waals surface area contributed by atoms with Gasteiger partial charge >= 0.3 is 0 Å². The number of fused-ring (bicyclic) bond motifs is 1. The van der Waals surface area contributed by atoms with Crippen molar-refractivity contribution in [2.45, 2.75) is 0 Å². The number of aromatic nitrogens is 2. The second-order valence-corrected chi connectivity index (χ2v) is 4.80. The summed E-state index contributed by atoms with van der Waals surface area (Å²) in [5.74, 6) is -0.375. The van der Waals surface area contributed by atoms with Gasteiger partial charge in [0.1, 0.15) is 5.15 Å². The smallest absolute Gasteiger partial charge is 0.256 e. The van der Waals surface area contributed by atoms with E-state index in [2.05, 4.69) is 15.3 Å². The zero-order chi connectivity index (χ0) is 14.8. The van der Waals surface area contributed by atoms with Crippen LogP contribution in [0.25, 0.3) is 10.9 Å². The van der Waals surface area contributed by atoms with Crippen LogP contribution in [0.15, 0.2) is 53.5 Å². The molecule has 3 aromatic rings. The number of amides is 1. The van der Waals surface area contributed by atoms with Crippen LogP contribution in [0.1, 0.15) is 10.4 Å². The summed E-state index contributed by atoms with van der Waals surface area (Å²) in [6.45, 7) is 0. The van der Waals surface area contributed by atoms with Crippen LogP contribution in [-0.4, -0.2) is 15.9 Å². The molecule has 0 aliphatic heterocycles. The molecule has 5 nitrogen and oxygen atoms in total. The second-order valence-electron chi connectivity index (χ2n) is 4.41. The van der Waals surface area contributed by atoms with E-state index >= 15 is 0 Å². The molecule has 2 N–H and O–H groups in total. The zero-order valence-electron chi connectivity index (χ0n) is 10.8. The molecule has 0 spiro atoms. The topological polar surface area (TPSA) is 74.8 Å². The zero-order valence-corrected chi connectivity index (χ0v) is 11.5. The molecular formula is C15H10ClN3O2. The first-order chi connectivity index (χ1) is 10.1. The van der Waals surface area contributed by atoms with Gasteiger partial charge in [-0.3, -0.25) is 9.59 Å². The molecule has 0 bridgehead atoms. The summed E-state index contributed by atoms with van der Waals surface area (Å²) in [6.07, 6.45) is 1.49. The lowest BCUT2D eigenvalue weighted by atomic mass is 10.1. The largest absolute Gasteiger partial charge is 0.322 e. The van der Waals surface area contributed by atoms with E-state index in [1.807, 2.05) is 0 Å². The Kier molecular flexibility index (Phi) is 3.41. The molecule has 2 aromatic heterocycles. The van der Waals surface area contributed by atoms with Crippen LogP contribution in [0.4, 0.5) is 5.69 Å². The number of nitrogens with one attached hydrogen (secondary N) is 2. The summed E-state index contributed by atoms with van der Waals surface area (Å²) in [4.78, 5) is 30.5. The number of halogens is 1. The van der Waals surface area contributed by atoms with E-state index in [0.717, 1.165) is 0 Å². The summed E-state index contributed by atoms with van der Waals surface area (Å²) in [5, 5.41) is 3.66. The maximum atomic E-state index is 12.4. The Hall–Kier alpha value is -2.66. The summed E-state index contributed by atoms with van der Waals surface area (Å²) in [6, 6.07) is 11.6. The van der Waals surface area contributed by atoms with Gasteiger partial charge in [-0.25, -0.2) is 4.98 Å². The van der Waals surface area contributed by atoms with Crippen LogP contribution < -0.4 is 10.9 Å². The predicted octanol–water partition coefficient (Wildman–Crippen LogP) is 2.83. The lowest BCUT2D eigenvalue weighted by Gasteiger charge is -2.07. The summed E-state index contributed by atoms with van der Waals surface area (Å²) < 4.78 is 0. The van der Waals surface area contributed by atoms with Gasteiger partial charge in [-0.15, -0.1) is 0 Å². The lowest BCUT2D eigenvalue weighted by Crippen LogP contribution is -2.16. The Morgan fingerprint density at radius 3 is 2.81 bits per heavy atom. The molecule has 3 rings (SSSR count). The predicted molar refractivity (Wildman–Crippen MR) is 81.8 cm³/mol. The highest BCUT2D eigenvalue weighted by molar-refractivity contribution is 6.29. The SMILES string of the molecule is O=C(Nc1ccnc(Cl)c1)c1cc(=O)[nH]c2ccccc12. The minimum absolute atomic E-state index is 0.281. The molecule has 21 heavy (non-hydrogen) atoms. The van der Waals surface area contributed by atoms with E-state index < -0.39 is 0 Å². The van der Waals surface area contributed by atoms with Crippen molar-refractivity contribution in [2.24, 2.45) is 0 Å². The lowest BCUT2D eigenvalue weighted by molar-refractivity contribution is 0.102. The van der Waals surface area contributed by atoms with Crippen LogP contribution >= 0.6 is 11.6 Å². The number of para-hydroxylation sites is 1. The Bertz CT molecular complexity index is 889. The molecule has 0 aliphatic rings. The van der Waals surface area contributed by atoms with Gasteiger partial charge in [-0.1, -0.05) is 29.8 Å². The van der Waals surface area contributed by atoms with Crippen LogP contribution in [0.5, 0.6) is 0 Å². The van der Waals surface area contributed by atoms with Gasteiger partial charge in [0.05, 0.1) is 5.56 Å². The van der Waals surface area contributed by atoms with Crippen molar-refractivity contribution in [1.29, 1.82) is 0 Å². The molecule has 0 saturated heterocycles. The minimum Gasteiger partial charge on any atom is -0.322 e. The van der Waals surface area contributed by atoms with E-state index in [9.17, 15) is 9.59 Å². The molecule has 0 saturated carbocycles. The van der Waals surface area contributed by atoms with E-state index in [4.69, 9.17) is 11.6 Å². The van der Waals surface area contributed by atoms with Crippen molar-refractivity contribution in [3.05, 3.63) is 69.7 Å². The number of pyridine rings is 2. The molecule has 0 unspecified atom stereocenters. The van der Waals surface area contributed by atoms with Crippen LogP contribution in [0.3, 0.4) is 0 Å². The standard InChI is InChI=1S/C15H10ClN3O2/c16-13-7-9(5-6-17-13)18-15(21)11-8-14(20)19-12-4-2-1-3-10(11)12/h1-8H,(H,19,20)(H,17,18,21). The van der Waals surface area contributed by atoms with E-state index in [-0.39, 0.29) is 16.6 Å². The number of H-pyrrole nitrogens is 1. The molecule has 0 atom stereocenters. The maximum Gasteiger partial charge on any atom is 0.256 e. The Balaban J connectivity index is 2.04. The van der Waals surface area contributed by atoms with Crippen molar-refractivity contribution >= 4 is 34.1 Å². The number of carbonyl (C=O) groups excluding carboxylic acids is 1. The fourth-order valence-electron chi connectivity index (χ4n) is 2.07. The van der Waals surface area contributed by atoms with Crippen LogP contribution in [0, 0.1) is 0 Å². The number of rotatable bonds is 2. The Labute approximate surface area is 124 Å². The van der Waals surface area contributed by atoms with E-state index in [1.54, 1.807) is 30.3 Å². The molecule has 2 heterocycles. The number of hydrogen-bond donors (Lipinski definition) is 2. The fraction of sp³-hybridized carbons (Fsp3) is 0. The number of nitrogens with zero attached hydrogens (tertiary/aromatic N) is 1. The monoisotopic (exact) mass is 299 g/mol. The molecule has 0 aliphatic carbocycles. The van der Waals surface area contributed by atoms with Crippen LogP contribution in [-0.2, 0) is 0 Å². The van der Waals surface area contributed by atoms with Gasteiger partial charge in [-0.2, -0.15) is 0 Å². The maximum absolute atomic E-state index is 12.4. The van der Waals surface area contributed by atoms with Crippen molar-refractivity contribution < 1.29 is 4.79 Å². The highest BCUT2D eigenvalue weighted by atomic mass is 35.5. The molecule has 6 heteroatoms. The van der Waals surface area contributed by atoms with Crippen molar-refractivity contribution in [1.82, 2.24) is 9.97 Å². The minimum atomic E-state index is -0.375. The third kappa shape index (κ3) is 2.78. The average Bonchev–Trinajstić information content (AvgIpc) is 2.46. The van der Waals surface area contributed by atoms with Crippen molar-refractivity contribution in [2.75, 3.05) is 5.32 Å². The highest BCUT2D eigenvalue weighted by Gasteiger charge is 2.12. The number of carbonyl (C=O) groups is 1. The van der Waals surface area contributed by atoms with Crippen LogP contribution in [0.2, 0.25) is 5.15 Å². The third-order valence-corrected chi connectivity index (χ3v) is 3.19. The van der Waals surface area contributed by atoms with E-state index in [1.165, 1.54) is 18.3 Å². The van der Waals surface area contributed by atoms with Gasteiger partial charge in [0, 0.05) is 28.9 Å². The second kappa shape index (κ2) is 5.38. The van der Waals surface area contributed by atoms with Gasteiger partial charge < -0.3 is 10.3 Å². The number of anilines is 1. The summed E-state index contributed by atoms with van der Waals surface area (Å²) in [5.41, 5.74) is 1.11. The third-order valence-electron chi connectivity index (χ3n) is 2.98. The van der Waals surface area contributed by atoms with Gasteiger partial charge in [0.25, 0.3) is 5.91 Å². The normalized spacial score (nSPS) is 10.5. The molecule has 0 radical (unpaired) electrons. The van der Waals surface area contributed by atoms with E-state index in [0.29, 0.717) is 22.2 Å². The first-order valence-electron chi connectivity index (χ1n) is 6.18. The Morgan fingerprint density at radius 2 is 2.00 bits per heavy atom. The number of aromatic amines is 1. The average molecular weight is 300 g/mol.